The molecule has 0 unspecified atom stereocenters. The second-order valence-corrected chi connectivity index (χ2v) is 6.19. The number of amides is 1. The van der Waals surface area contributed by atoms with Crippen LogP contribution in [0.4, 0.5) is 10.1 Å². The van der Waals surface area contributed by atoms with Crippen LogP contribution >= 0.6 is 11.8 Å². The molecule has 0 aromatic heterocycles. The number of benzene rings is 2. The molecule has 0 aliphatic heterocycles. The van der Waals surface area contributed by atoms with Gasteiger partial charge in [-0.3, -0.25) is 4.79 Å². The fraction of sp³-hybridized carbons (Fsp3) is 0.278. The maximum atomic E-state index is 13.3. The number of rotatable bonds is 7. The summed E-state index contributed by atoms with van der Waals surface area (Å²) in [5.74, 6) is 1.51. The summed E-state index contributed by atoms with van der Waals surface area (Å²) in [4.78, 5) is 12.1. The minimum Gasteiger partial charge on any atom is -0.496 e. The number of hydrogen-bond acceptors (Lipinski definition) is 4. The highest BCUT2D eigenvalue weighted by Crippen LogP contribution is 2.26. The van der Waals surface area contributed by atoms with Gasteiger partial charge in [-0.1, -0.05) is 6.07 Å². The SMILES string of the molecule is COc1ccc(F)cc1CSCC(=O)Nc1cc(C)ccc1OC. The van der Waals surface area contributed by atoms with Gasteiger partial charge in [0.2, 0.25) is 5.91 Å². The fourth-order valence-electron chi connectivity index (χ4n) is 2.22. The Morgan fingerprint density at radius 2 is 1.83 bits per heavy atom. The summed E-state index contributed by atoms with van der Waals surface area (Å²) in [6.45, 7) is 1.94. The molecule has 128 valence electrons. The molecule has 0 aliphatic carbocycles. The monoisotopic (exact) mass is 349 g/mol. The van der Waals surface area contributed by atoms with E-state index in [9.17, 15) is 9.18 Å². The molecule has 4 nitrogen and oxygen atoms in total. The van der Waals surface area contributed by atoms with Gasteiger partial charge in [0.05, 0.1) is 25.7 Å². The molecule has 1 amide bonds. The van der Waals surface area contributed by atoms with Gasteiger partial charge >= 0.3 is 0 Å². The molecule has 2 aromatic carbocycles. The van der Waals surface area contributed by atoms with Crippen LogP contribution in [0.25, 0.3) is 0 Å². The number of carbonyl (C=O) groups excluding carboxylic acids is 1. The third-order valence-electron chi connectivity index (χ3n) is 3.36. The molecular weight excluding hydrogens is 329 g/mol. The van der Waals surface area contributed by atoms with Crippen molar-refractivity contribution >= 4 is 23.4 Å². The minimum absolute atomic E-state index is 0.140. The molecule has 0 bridgehead atoms. The van der Waals surface area contributed by atoms with Gasteiger partial charge in [0.15, 0.2) is 0 Å². The molecule has 0 radical (unpaired) electrons. The number of halogens is 1. The Morgan fingerprint density at radius 3 is 2.54 bits per heavy atom. The Bertz CT molecular complexity index is 721. The lowest BCUT2D eigenvalue weighted by Gasteiger charge is -2.11. The van der Waals surface area contributed by atoms with Gasteiger partial charge in [-0.15, -0.1) is 11.8 Å². The number of anilines is 1. The standard InChI is InChI=1S/C18H20FNO3S/c1-12-4-6-17(23-3)15(8-12)20-18(21)11-24-10-13-9-14(19)5-7-16(13)22-2/h4-9H,10-11H2,1-3H3,(H,20,21). The molecule has 6 heteroatoms. The maximum absolute atomic E-state index is 13.3. The van der Waals surface area contributed by atoms with Crippen molar-refractivity contribution in [3.8, 4) is 11.5 Å². The second-order valence-electron chi connectivity index (χ2n) is 5.20. The van der Waals surface area contributed by atoms with Crippen LogP contribution in [0.1, 0.15) is 11.1 Å². The fourth-order valence-corrected chi connectivity index (χ4v) is 3.02. The summed E-state index contributed by atoms with van der Waals surface area (Å²) in [5.41, 5.74) is 2.40. The number of nitrogens with one attached hydrogen (secondary N) is 1. The lowest BCUT2D eigenvalue weighted by atomic mass is 10.2. The molecule has 0 heterocycles. The summed E-state index contributed by atoms with van der Waals surface area (Å²) in [6, 6.07) is 9.95. The van der Waals surface area contributed by atoms with E-state index in [1.54, 1.807) is 13.2 Å². The molecule has 2 rings (SSSR count). The van der Waals surface area contributed by atoms with E-state index in [1.165, 1.54) is 31.0 Å². The highest BCUT2D eigenvalue weighted by atomic mass is 32.2. The van der Waals surface area contributed by atoms with Crippen molar-refractivity contribution in [1.82, 2.24) is 0 Å². The van der Waals surface area contributed by atoms with Crippen LogP contribution in [-0.2, 0) is 10.5 Å². The quantitative estimate of drug-likeness (QED) is 0.820. The number of carbonyl (C=O) groups is 1. The summed E-state index contributed by atoms with van der Waals surface area (Å²) >= 11 is 1.39. The smallest absolute Gasteiger partial charge is 0.234 e. The first-order chi connectivity index (χ1) is 11.5. The predicted octanol–water partition coefficient (Wildman–Crippen LogP) is 4.02. The topological polar surface area (TPSA) is 47.6 Å². The van der Waals surface area contributed by atoms with Gasteiger partial charge in [-0.05, 0) is 42.8 Å². The van der Waals surface area contributed by atoms with E-state index in [4.69, 9.17) is 9.47 Å². The third-order valence-corrected chi connectivity index (χ3v) is 4.34. The van der Waals surface area contributed by atoms with Crippen LogP contribution in [0, 0.1) is 12.7 Å². The molecule has 0 spiro atoms. The zero-order valence-corrected chi connectivity index (χ0v) is 14.7. The van der Waals surface area contributed by atoms with E-state index in [0.29, 0.717) is 22.9 Å². The number of thioether (sulfide) groups is 1. The molecule has 0 atom stereocenters. The third kappa shape index (κ3) is 4.89. The average Bonchev–Trinajstić information content (AvgIpc) is 2.55. The zero-order chi connectivity index (χ0) is 17.5. The lowest BCUT2D eigenvalue weighted by Crippen LogP contribution is -2.15. The van der Waals surface area contributed by atoms with Crippen molar-refractivity contribution in [2.75, 3.05) is 25.3 Å². The van der Waals surface area contributed by atoms with E-state index < -0.39 is 0 Å². The lowest BCUT2D eigenvalue weighted by molar-refractivity contribution is -0.113. The Morgan fingerprint density at radius 1 is 1.12 bits per heavy atom. The summed E-state index contributed by atoms with van der Waals surface area (Å²) in [5, 5.41) is 2.84. The zero-order valence-electron chi connectivity index (χ0n) is 13.9. The van der Waals surface area contributed by atoms with Crippen molar-refractivity contribution in [3.63, 3.8) is 0 Å². The minimum atomic E-state index is -0.319. The van der Waals surface area contributed by atoms with E-state index in [2.05, 4.69) is 5.32 Å². The number of methoxy groups -OCH3 is 2. The number of ether oxygens (including phenoxy) is 2. The van der Waals surface area contributed by atoms with Gasteiger partial charge in [0.25, 0.3) is 0 Å². The van der Waals surface area contributed by atoms with Crippen molar-refractivity contribution < 1.29 is 18.7 Å². The van der Waals surface area contributed by atoms with Crippen molar-refractivity contribution in [2.45, 2.75) is 12.7 Å². The van der Waals surface area contributed by atoms with E-state index in [-0.39, 0.29) is 17.5 Å². The summed E-state index contributed by atoms with van der Waals surface area (Å²) in [6.07, 6.45) is 0. The van der Waals surface area contributed by atoms with Crippen LogP contribution < -0.4 is 14.8 Å². The molecule has 0 saturated carbocycles. The van der Waals surface area contributed by atoms with Crippen LogP contribution in [0.15, 0.2) is 36.4 Å². The first-order valence-corrected chi connectivity index (χ1v) is 8.53. The van der Waals surface area contributed by atoms with Crippen LogP contribution in [0.5, 0.6) is 11.5 Å². The van der Waals surface area contributed by atoms with Gasteiger partial charge in [-0.2, -0.15) is 0 Å². The Hall–Kier alpha value is -2.21. The summed E-state index contributed by atoms with van der Waals surface area (Å²) < 4.78 is 23.8. The number of aryl methyl sites for hydroxylation is 1. The number of hydrogen-bond donors (Lipinski definition) is 1. The van der Waals surface area contributed by atoms with Gasteiger partial charge in [0.1, 0.15) is 17.3 Å². The van der Waals surface area contributed by atoms with Crippen molar-refractivity contribution in [2.24, 2.45) is 0 Å². The first kappa shape index (κ1) is 18.1. The highest BCUT2D eigenvalue weighted by molar-refractivity contribution is 7.99. The van der Waals surface area contributed by atoms with Gasteiger partial charge in [-0.25, -0.2) is 4.39 Å². The molecule has 0 aliphatic rings. The van der Waals surface area contributed by atoms with Crippen molar-refractivity contribution in [3.05, 3.63) is 53.3 Å². The van der Waals surface area contributed by atoms with Gasteiger partial charge in [0, 0.05) is 11.3 Å². The molecule has 2 aromatic rings. The molecule has 0 fully saturated rings. The van der Waals surface area contributed by atoms with Crippen LogP contribution in [0.3, 0.4) is 0 Å². The van der Waals surface area contributed by atoms with Gasteiger partial charge < -0.3 is 14.8 Å². The Labute approximate surface area is 145 Å². The summed E-state index contributed by atoms with van der Waals surface area (Å²) in [7, 11) is 3.10. The largest absolute Gasteiger partial charge is 0.496 e. The van der Waals surface area contributed by atoms with E-state index >= 15 is 0 Å². The predicted molar refractivity (Wildman–Crippen MR) is 95.5 cm³/mol. The second kappa shape index (κ2) is 8.59. The highest BCUT2D eigenvalue weighted by Gasteiger charge is 2.10. The molecule has 24 heavy (non-hydrogen) atoms. The Balaban J connectivity index is 1.92. The van der Waals surface area contributed by atoms with Crippen LogP contribution in [-0.4, -0.2) is 25.9 Å². The average molecular weight is 349 g/mol. The van der Waals surface area contributed by atoms with Crippen LogP contribution in [0.2, 0.25) is 0 Å². The maximum Gasteiger partial charge on any atom is 0.234 e. The Kier molecular flexibility index (Phi) is 6.49. The normalized spacial score (nSPS) is 10.3. The van der Waals surface area contributed by atoms with E-state index in [1.807, 2.05) is 25.1 Å². The first-order valence-electron chi connectivity index (χ1n) is 7.38. The molecule has 0 saturated heterocycles. The molecule has 1 N–H and O–H groups in total. The van der Waals surface area contributed by atoms with E-state index in [0.717, 1.165) is 11.1 Å². The molecular formula is C18H20FNO3S. The van der Waals surface area contributed by atoms with Crippen molar-refractivity contribution in [1.29, 1.82) is 0 Å².